The summed E-state index contributed by atoms with van der Waals surface area (Å²) in [4.78, 5) is 4.29. The fraction of sp³-hybridized carbons (Fsp3) is 0.250. The predicted molar refractivity (Wildman–Crippen MR) is 98.9 cm³/mol. The molecule has 0 unspecified atom stereocenters. The highest BCUT2D eigenvalue weighted by Crippen LogP contribution is 2.35. The van der Waals surface area contributed by atoms with Crippen LogP contribution in [0.1, 0.15) is 29.5 Å². The minimum atomic E-state index is -4.46. The van der Waals surface area contributed by atoms with Crippen molar-refractivity contribution in [3.05, 3.63) is 70.3 Å². The summed E-state index contributed by atoms with van der Waals surface area (Å²) in [5.74, 6) is 1.38. The van der Waals surface area contributed by atoms with Crippen LogP contribution in [0.3, 0.4) is 0 Å². The number of aliphatic imine (C=N–C) groups is 1. The summed E-state index contributed by atoms with van der Waals surface area (Å²) in [6, 6.07) is 10.6. The molecule has 27 heavy (non-hydrogen) atoms. The van der Waals surface area contributed by atoms with Gasteiger partial charge in [0, 0.05) is 12.0 Å². The Morgan fingerprint density at radius 1 is 1.07 bits per heavy atom. The minimum Gasteiger partial charge on any atom is -0.508 e. The molecule has 0 spiro atoms. The maximum atomic E-state index is 12.9. The van der Waals surface area contributed by atoms with Crippen LogP contribution in [-0.4, -0.2) is 17.5 Å². The molecular weight excluding hydrogens is 379 g/mol. The van der Waals surface area contributed by atoms with Gasteiger partial charge in [-0.25, -0.2) is 0 Å². The summed E-state index contributed by atoms with van der Waals surface area (Å²) in [5.41, 5.74) is 0.579. The van der Waals surface area contributed by atoms with Gasteiger partial charge in [-0.05, 0) is 60.9 Å². The quantitative estimate of drug-likeness (QED) is 0.689. The third kappa shape index (κ3) is 5.04. The van der Waals surface area contributed by atoms with Crippen LogP contribution in [0, 0.1) is 0 Å². The molecule has 1 N–H and O–H groups in total. The number of aromatic hydroxyl groups is 1. The molecule has 0 saturated heterocycles. The van der Waals surface area contributed by atoms with Crippen LogP contribution in [0.15, 0.2) is 53.5 Å². The van der Waals surface area contributed by atoms with Crippen LogP contribution >= 0.6 is 11.6 Å². The van der Waals surface area contributed by atoms with Crippen molar-refractivity contribution >= 4 is 23.3 Å². The molecule has 3 nitrogen and oxygen atoms in total. The van der Waals surface area contributed by atoms with Crippen molar-refractivity contribution in [2.75, 3.05) is 6.54 Å². The van der Waals surface area contributed by atoms with Crippen molar-refractivity contribution in [1.82, 2.24) is 0 Å². The maximum absolute atomic E-state index is 12.9. The average molecular weight is 396 g/mol. The molecule has 3 rings (SSSR count). The monoisotopic (exact) mass is 395 g/mol. The zero-order valence-electron chi connectivity index (χ0n) is 14.3. The molecule has 1 aliphatic rings. The van der Waals surface area contributed by atoms with Crippen molar-refractivity contribution in [2.24, 2.45) is 4.99 Å². The minimum absolute atomic E-state index is 0.172. The van der Waals surface area contributed by atoms with Gasteiger partial charge < -0.3 is 9.84 Å². The number of aryl methyl sites for hydroxylation is 1. The van der Waals surface area contributed by atoms with Gasteiger partial charge in [-0.2, -0.15) is 13.2 Å². The Labute approximate surface area is 159 Å². The Balaban J connectivity index is 1.57. The number of benzene rings is 2. The van der Waals surface area contributed by atoms with E-state index in [0.717, 1.165) is 11.6 Å². The molecular formula is C20H17ClF3NO2. The average Bonchev–Trinajstić information content (AvgIpc) is 2.63. The zero-order chi connectivity index (χ0) is 19.4. The van der Waals surface area contributed by atoms with Gasteiger partial charge in [-0.3, -0.25) is 4.99 Å². The van der Waals surface area contributed by atoms with Gasteiger partial charge in [-0.1, -0.05) is 17.7 Å². The van der Waals surface area contributed by atoms with Crippen LogP contribution in [0.5, 0.6) is 5.75 Å². The van der Waals surface area contributed by atoms with E-state index in [0.29, 0.717) is 43.0 Å². The maximum Gasteiger partial charge on any atom is 0.417 e. The highest BCUT2D eigenvalue weighted by atomic mass is 35.5. The van der Waals surface area contributed by atoms with E-state index in [1.165, 1.54) is 6.07 Å². The van der Waals surface area contributed by atoms with Crippen LogP contribution in [0.4, 0.5) is 13.2 Å². The van der Waals surface area contributed by atoms with Crippen LogP contribution < -0.4 is 0 Å². The highest BCUT2D eigenvalue weighted by Gasteiger charge is 2.33. The second kappa shape index (κ2) is 8.05. The Morgan fingerprint density at radius 2 is 1.81 bits per heavy atom. The number of alkyl halides is 3. The topological polar surface area (TPSA) is 41.8 Å². The lowest BCUT2D eigenvalue weighted by atomic mass is 10.0. The van der Waals surface area contributed by atoms with E-state index in [4.69, 9.17) is 16.3 Å². The first kappa shape index (κ1) is 19.3. The molecule has 0 radical (unpaired) electrons. The van der Waals surface area contributed by atoms with Gasteiger partial charge in [0.05, 0.1) is 17.1 Å². The smallest absolute Gasteiger partial charge is 0.417 e. The van der Waals surface area contributed by atoms with E-state index in [-0.39, 0.29) is 10.8 Å². The van der Waals surface area contributed by atoms with E-state index in [9.17, 15) is 18.3 Å². The second-order valence-corrected chi connectivity index (χ2v) is 6.52. The molecule has 0 fully saturated rings. The number of ether oxygens (including phenoxy) is 1. The largest absolute Gasteiger partial charge is 0.508 e. The first-order valence-electron chi connectivity index (χ1n) is 8.39. The number of hydrogen-bond donors (Lipinski definition) is 1. The SMILES string of the molecule is Oc1ccc(C2=CCN=C(CCCc3ccc(Cl)c(C(F)(F)F)c3)O2)cc1. The van der Waals surface area contributed by atoms with Crippen molar-refractivity contribution in [1.29, 1.82) is 0 Å². The van der Waals surface area contributed by atoms with E-state index >= 15 is 0 Å². The lowest BCUT2D eigenvalue weighted by Gasteiger charge is -2.16. The standard InChI is InChI=1S/C20H17ClF3NO2/c21-17-9-4-13(12-16(17)20(22,23)24)2-1-3-19-25-11-10-18(27-19)14-5-7-15(26)8-6-14/h4-10,12,26H,1-3,11H2. The Kier molecular flexibility index (Phi) is 5.75. The number of rotatable bonds is 5. The molecule has 2 aromatic rings. The van der Waals surface area contributed by atoms with Gasteiger partial charge in [0.2, 0.25) is 0 Å². The van der Waals surface area contributed by atoms with Gasteiger partial charge in [0.1, 0.15) is 11.5 Å². The Morgan fingerprint density at radius 3 is 2.52 bits per heavy atom. The van der Waals surface area contributed by atoms with E-state index in [1.54, 1.807) is 30.3 Å². The number of nitrogens with zero attached hydrogens (tertiary/aromatic N) is 1. The molecule has 1 aliphatic heterocycles. The fourth-order valence-corrected chi connectivity index (χ4v) is 2.98. The molecule has 0 aromatic heterocycles. The van der Waals surface area contributed by atoms with Crippen LogP contribution in [-0.2, 0) is 17.3 Å². The summed E-state index contributed by atoms with van der Waals surface area (Å²) in [6.07, 6.45) is -1.06. The van der Waals surface area contributed by atoms with Gasteiger partial charge in [0.25, 0.3) is 0 Å². The molecule has 0 atom stereocenters. The van der Waals surface area contributed by atoms with E-state index in [1.807, 2.05) is 6.08 Å². The predicted octanol–water partition coefficient (Wildman–Crippen LogP) is 5.86. The Hall–Kier alpha value is -2.47. The molecule has 7 heteroatoms. The first-order chi connectivity index (χ1) is 12.8. The molecule has 142 valence electrons. The lowest BCUT2D eigenvalue weighted by Crippen LogP contribution is -2.10. The van der Waals surface area contributed by atoms with Crippen molar-refractivity contribution in [2.45, 2.75) is 25.4 Å². The second-order valence-electron chi connectivity index (χ2n) is 6.12. The normalized spacial score (nSPS) is 14.4. The van der Waals surface area contributed by atoms with E-state index in [2.05, 4.69) is 4.99 Å². The molecule has 1 heterocycles. The molecule has 0 saturated carbocycles. The van der Waals surface area contributed by atoms with Crippen LogP contribution in [0.2, 0.25) is 5.02 Å². The van der Waals surface area contributed by atoms with Crippen molar-refractivity contribution in [3.63, 3.8) is 0 Å². The number of phenols is 1. The van der Waals surface area contributed by atoms with Crippen LogP contribution in [0.25, 0.3) is 5.76 Å². The summed E-state index contributed by atoms with van der Waals surface area (Å²) in [7, 11) is 0. The summed E-state index contributed by atoms with van der Waals surface area (Å²) in [5, 5.41) is 9.06. The third-order valence-electron chi connectivity index (χ3n) is 4.12. The number of hydrogen-bond acceptors (Lipinski definition) is 3. The molecule has 0 aliphatic carbocycles. The molecule has 2 aromatic carbocycles. The summed E-state index contributed by atoms with van der Waals surface area (Å²) >= 11 is 5.64. The highest BCUT2D eigenvalue weighted by molar-refractivity contribution is 6.31. The summed E-state index contributed by atoms with van der Waals surface area (Å²) < 4.78 is 44.6. The number of phenolic OH excluding ortho intramolecular Hbond substituents is 1. The zero-order valence-corrected chi connectivity index (χ0v) is 15.0. The Bertz CT molecular complexity index is 874. The summed E-state index contributed by atoms with van der Waals surface area (Å²) in [6.45, 7) is 0.477. The number of halogens is 4. The third-order valence-corrected chi connectivity index (χ3v) is 4.45. The lowest BCUT2D eigenvalue weighted by molar-refractivity contribution is -0.137. The van der Waals surface area contributed by atoms with Gasteiger partial charge in [-0.15, -0.1) is 0 Å². The van der Waals surface area contributed by atoms with E-state index < -0.39 is 11.7 Å². The molecule has 0 amide bonds. The molecule has 0 bridgehead atoms. The van der Waals surface area contributed by atoms with Gasteiger partial charge in [0.15, 0.2) is 5.90 Å². The first-order valence-corrected chi connectivity index (χ1v) is 8.77. The van der Waals surface area contributed by atoms with Crippen molar-refractivity contribution < 1.29 is 23.0 Å². The van der Waals surface area contributed by atoms with Crippen molar-refractivity contribution in [3.8, 4) is 5.75 Å². The fourth-order valence-electron chi connectivity index (χ4n) is 2.75. The van der Waals surface area contributed by atoms with Gasteiger partial charge >= 0.3 is 6.18 Å².